The second kappa shape index (κ2) is 7.22. The smallest absolute Gasteiger partial charge is 0.407 e. The molecule has 3 aromatic rings. The Balaban J connectivity index is 1.49. The summed E-state index contributed by atoms with van der Waals surface area (Å²) in [6, 6.07) is 18.9. The van der Waals surface area contributed by atoms with Crippen molar-refractivity contribution in [1.29, 1.82) is 0 Å². The molecule has 0 unspecified atom stereocenters. The first-order chi connectivity index (χ1) is 11.3. The molecule has 3 rings (SSSR count). The third-order valence-electron chi connectivity index (χ3n) is 3.08. The number of benzene rings is 2. The van der Waals surface area contributed by atoms with E-state index in [0.29, 0.717) is 11.8 Å². The number of rotatable bonds is 5. The van der Waals surface area contributed by atoms with Crippen LogP contribution in [0.15, 0.2) is 65.1 Å². The number of amides is 1. The lowest BCUT2D eigenvalue weighted by molar-refractivity contribution is 0.138. The van der Waals surface area contributed by atoms with Gasteiger partial charge in [-0.3, -0.25) is 0 Å². The zero-order valence-electron chi connectivity index (χ0n) is 12.3. The lowest BCUT2D eigenvalue weighted by atomic mass is 10.2. The number of hydrogen-bond acceptors (Lipinski definition) is 5. The summed E-state index contributed by atoms with van der Waals surface area (Å²) in [7, 11) is 0. The van der Waals surface area contributed by atoms with Gasteiger partial charge in [-0.25, -0.2) is 4.79 Å². The van der Waals surface area contributed by atoms with Crippen molar-refractivity contribution in [3.05, 3.63) is 72.1 Å². The maximum absolute atomic E-state index is 11.6. The number of carbonyl (C=O) groups excluding carboxylic acids is 1. The molecule has 6 nitrogen and oxygen atoms in total. The van der Waals surface area contributed by atoms with Gasteiger partial charge in [0.2, 0.25) is 11.8 Å². The van der Waals surface area contributed by atoms with Crippen molar-refractivity contribution in [2.24, 2.45) is 0 Å². The lowest BCUT2D eigenvalue weighted by Crippen LogP contribution is -2.23. The maximum Gasteiger partial charge on any atom is 0.407 e. The number of hydrogen-bond donors (Lipinski definition) is 1. The molecular weight excluding hydrogens is 294 g/mol. The molecule has 0 spiro atoms. The Morgan fingerprint density at radius 3 is 2.43 bits per heavy atom. The molecule has 1 amide bonds. The average Bonchev–Trinajstić information content (AvgIpc) is 3.09. The molecule has 0 atom stereocenters. The van der Waals surface area contributed by atoms with E-state index in [-0.39, 0.29) is 13.2 Å². The van der Waals surface area contributed by atoms with Crippen molar-refractivity contribution in [2.45, 2.75) is 13.2 Å². The van der Waals surface area contributed by atoms with Crippen molar-refractivity contribution in [3.63, 3.8) is 0 Å². The Morgan fingerprint density at radius 2 is 1.70 bits per heavy atom. The summed E-state index contributed by atoms with van der Waals surface area (Å²) in [5.41, 5.74) is 1.75. The average molecular weight is 309 g/mol. The Hall–Kier alpha value is -3.15. The Labute approximate surface area is 133 Å². The highest BCUT2D eigenvalue weighted by Gasteiger charge is 2.10. The topological polar surface area (TPSA) is 77.3 Å². The molecule has 23 heavy (non-hydrogen) atoms. The van der Waals surface area contributed by atoms with Gasteiger partial charge in [0.15, 0.2) is 0 Å². The van der Waals surface area contributed by atoms with Crippen LogP contribution in [-0.2, 0) is 17.9 Å². The highest BCUT2D eigenvalue weighted by Crippen LogP contribution is 2.16. The molecular formula is C17H15N3O3. The zero-order chi connectivity index (χ0) is 15.9. The van der Waals surface area contributed by atoms with Crippen LogP contribution >= 0.6 is 0 Å². The van der Waals surface area contributed by atoms with Crippen LogP contribution in [0.5, 0.6) is 0 Å². The van der Waals surface area contributed by atoms with Crippen molar-refractivity contribution in [3.8, 4) is 11.5 Å². The SMILES string of the molecule is O=C(NCc1nnc(-c2ccccc2)o1)OCc1ccccc1. The number of aromatic nitrogens is 2. The molecule has 0 saturated heterocycles. The summed E-state index contributed by atoms with van der Waals surface area (Å²) in [5.74, 6) is 0.737. The number of ether oxygens (including phenoxy) is 1. The first-order valence-corrected chi connectivity index (χ1v) is 7.13. The third kappa shape index (κ3) is 4.16. The van der Waals surface area contributed by atoms with Crippen LogP contribution in [0.3, 0.4) is 0 Å². The number of nitrogens with zero attached hydrogens (tertiary/aromatic N) is 2. The third-order valence-corrected chi connectivity index (χ3v) is 3.08. The fraction of sp³-hybridized carbons (Fsp3) is 0.118. The summed E-state index contributed by atoms with van der Waals surface area (Å²) < 4.78 is 10.6. The quantitative estimate of drug-likeness (QED) is 0.783. The van der Waals surface area contributed by atoms with Gasteiger partial charge in [-0.05, 0) is 17.7 Å². The van der Waals surface area contributed by atoms with Gasteiger partial charge in [0.25, 0.3) is 0 Å². The standard InChI is InChI=1S/C17H15N3O3/c21-17(22-12-13-7-3-1-4-8-13)18-11-15-19-20-16(23-15)14-9-5-2-6-10-14/h1-10H,11-12H2,(H,18,21). The highest BCUT2D eigenvalue weighted by atomic mass is 16.5. The van der Waals surface area contributed by atoms with Crippen LogP contribution in [0, 0.1) is 0 Å². The van der Waals surface area contributed by atoms with Crippen molar-refractivity contribution in [1.82, 2.24) is 15.5 Å². The van der Waals surface area contributed by atoms with Crippen LogP contribution in [-0.4, -0.2) is 16.3 Å². The van der Waals surface area contributed by atoms with Gasteiger partial charge in [0, 0.05) is 5.56 Å². The fourth-order valence-electron chi connectivity index (χ4n) is 1.94. The molecule has 0 bridgehead atoms. The Bertz CT molecular complexity index is 757. The van der Waals surface area contributed by atoms with Crippen molar-refractivity contribution in [2.75, 3.05) is 0 Å². The van der Waals surface area contributed by atoms with E-state index in [1.165, 1.54) is 0 Å². The van der Waals surface area contributed by atoms with E-state index in [9.17, 15) is 4.79 Å². The van der Waals surface area contributed by atoms with Gasteiger partial charge in [0.05, 0.1) is 6.54 Å². The number of nitrogens with one attached hydrogen (secondary N) is 1. The number of alkyl carbamates (subject to hydrolysis) is 1. The molecule has 0 saturated carbocycles. The molecule has 1 N–H and O–H groups in total. The van der Waals surface area contributed by atoms with E-state index in [1.807, 2.05) is 60.7 Å². The minimum Gasteiger partial charge on any atom is -0.445 e. The molecule has 0 fully saturated rings. The summed E-state index contributed by atoms with van der Waals surface area (Å²) >= 11 is 0. The van der Waals surface area contributed by atoms with Crippen molar-refractivity contribution < 1.29 is 13.9 Å². The van der Waals surface area contributed by atoms with E-state index < -0.39 is 6.09 Å². The van der Waals surface area contributed by atoms with Crippen LogP contribution in [0.25, 0.3) is 11.5 Å². The van der Waals surface area contributed by atoms with Crippen LogP contribution in [0.2, 0.25) is 0 Å². The van der Waals surface area contributed by atoms with Gasteiger partial charge in [0.1, 0.15) is 6.61 Å². The molecule has 0 aliphatic carbocycles. The second-order valence-electron chi connectivity index (χ2n) is 4.78. The maximum atomic E-state index is 11.6. The van der Waals surface area contributed by atoms with Gasteiger partial charge in [-0.15, -0.1) is 10.2 Å². The van der Waals surface area contributed by atoms with E-state index >= 15 is 0 Å². The summed E-state index contributed by atoms with van der Waals surface area (Å²) in [6.07, 6.45) is -0.534. The van der Waals surface area contributed by atoms with E-state index in [0.717, 1.165) is 11.1 Å². The largest absolute Gasteiger partial charge is 0.445 e. The highest BCUT2D eigenvalue weighted by molar-refractivity contribution is 5.67. The molecule has 116 valence electrons. The van der Waals surface area contributed by atoms with Gasteiger partial charge < -0.3 is 14.5 Å². The Morgan fingerprint density at radius 1 is 1.00 bits per heavy atom. The van der Waals surface area contributed by atoms with E-state index in [4.69, 9.17) is 9.15 Å². The normalized spacial score (nSPS) is 10.3. The molecule has 0 aliphatic rings. The Kier molecular flexibility index (Phi) is 4.63. The first-order valence-electron chi connectivity index (χ1n) is 7.13. The monoisotopic (exact) mass is 309 g/mol. The zero-order valence-corrected chi connectivity index (χ0v) is 12.3. The fourth-order valence-corrected chi connectivity index (χ4v) is 1.94. The number of carbonyl (C=O) groups is 1. The minimum atomic E-state index is -0.534. The van der Waals surface area contributed by atoms with Crippen molar-refractivity contribution >= 4 is 6.09 Å². The first kappa shape index (κ1) is 14.8. The van der Waals surface area contributed by atoms with Crippen LogP contribution in [0.1, 0.15) is 11.5 Å². The van der Waals surface area contributed by atoms with Gasteiger partial charge in [-0.1, -0.05) is 48.5 Å². The molecule has 1 heterocycles. The van der Waals surface area contributed by atoms with E-state index in [2.05, 4.69) is 15.5 Å². The summed E-state index contributed by atoms with van der Waals surface area (Å²) in [6.45, 7) is 0.333. The molecule has 0 aliphatic heterocycles. The molecule has 6 heteroatoms. The van der Waals surface area contributed by atoms with E-state index in [1.54, 1.807) is 0 Å². The minimum absolute atomic E-state index is 0.119. The molecule has 2 aromatic carbocycles. The van der Waals surface area contributed by atoms with Crippen LogP contribution < -0.4 is 5.32 Å². The lowest BCUT2D eigenvalue weighted by Gasteiger charge is -2.05. The summed E-state index contributed by atoms with van der Waals surface area (Å²) in [4.78, 5) is 11.6. The predicted octanol–water partition coefficient (Wildman–Crippen LogP) is 3.16. The van der Waals surface area contributed by atoms with Crippen LogP contribution in [0.4, 0.5) is 4.79 Å². The van der Waals surface area contributed by atoms with Gasteiger partial charge >= 0.3 is 6.09 Å². The predicted molar refractivity (Wildman–Crippen MR) is 83.2 cm³/mol. The van der Waals surface area contributed by atoms with Gasteiger partial charge in [-0.2, -0.15) is 0 Å². The molecule has 1 aromatic heterocycles. The second-order valence-corrected chi connectivity index (χ2v) is 4.78. The molecule has 0 radical (unpaired) electrons. The summed E-state index contributed by atoms with van der Waals surface area (Å²) in [5, 5.41) is 10.4.